The van der Waals surface area contributed by atoms with Crippen molar-refractivity contribution < 1.29 is 14.0 Å². The Morgan fingerprint density at radius 3 is 2.67 bits per heavy atom. The molecule has 2 aromatic carbocycles. The Morgan fingerprint density at radius 2 is 2.00 bits per heavy atom. The molecule has 140 valence electrons. The smallest absolute Gasteiger partial charge is 0.254 e. The van der Waals surface area contributed by atoms with E-state index in [1.807, 2.05) is 31.2 Å². The highest BCUT2D eigenvalue weighted by molar-refractivity contribution is 8.15. The van der Waals surface area contributed by atoms with Crippen molar-refractivity contribution in [3.8, 4) is 0 Å². The average Bonchev–Trinajstić information content (AvgIpc) is 2.98. The minimum atomic E-state index is -0.609. The molecular weight excluding hydrogens is 389 g/mol. The van der Waals surface area contributed by atoms with Crippen molar-refractivity contribution in [3.05, 3.63) is 58.9 Å². The Morgan fingerprint density at radius 1 is 1.30 bits per heavy atom. The number of nitrogens with one attached hydrogen (secondary N) is 1. The van der Waals surface area contributed by atoms with Gasteiger partial charge in [0.15, 0.2) is 5.17 Å². The number of aliphatic imine (C=N–C) groups is 1. The standard InChI is InChI=1S/C19H17ClFN3O2S/c1-11-3-6-14(7-4-11)24-17(25)10-22-19(24)27-12(2)18(26)23-16-8-5-13(20)9-15(16)21/h3-9,12H,10H2,1-2H3,(H,23,26)/t12-/m1/s1. The van der Waals surface area contributed by atoms with Crippen molar-refractivity contribution in [1.29, 1.82) is 0 Å². The summed E-state index contributed by atoms with van der Waals surface area (Å²) in [6, 6.07) is 11.5. The van der Waals surface area contributed by atoms with E-state index < -0.39 is 17.0 Å². The number of thioether (sulfide) groups is 1. The molecule has 0 fully saturated rings. The third-order valence-corrected chi connectivity index (χ3v) is 5.25. The van der Waals surface area contributed by atoms with E-state index in [-0.39, 0.29) is 23.2 Å². The fourth-order valence-electron chi connectivity index (χ4n) is 2.46. The largest absolute Gasteiger partial charge is 0.323 e. The normalized spacial score (nSPS) is 14.9. The molecule has 1 aliphatic heterocycles. The summed E-state index contributed by atoms with van der Waals surface area (Å²) in [5.74, 6) is -1.16. The zero-order chi connectivity index (χ0) is 19.6. The molecule has 1 atom stereocenters. The van der Waals surface area contributed by atoms with Crippen LogP contribution in [-0.2, 0) is 9.59 Å². The molecule has 2 amide bonds. The maximum atomic E-state index is 13.9. The van der Waals surface area contributed by atoms with Gasteiger partial charge in [-0.1, -0.05) is 41.1 Å². The number of rotatable bonds is 4. The zero-order valence-corrected chi connectivity index (χ0v) is 16.3. The van der Waals surface area contributed by atoms with Crippen molar-refractivity contribution >= 4 is 51.7 Å². The summed E-state index contributed by atoms with van der Waals surface area (Å²) < 4.78 is 13.9. The number of benzene rings is 2. The lowest BCUT2D eigenvalue weighted by Crippen LogP contribution is -2.33. The number of anilines is 2. The van der Waals surface area contributed by atoms with Crippen molar-refractivity contribution in [3.63, 3.8) is 0 Å². The summed E-state index contributed by atoms with van der Waals surface area (Å²) in [7, 11) is 0. The van der Waals surface area contributed by atoms with Crippen molar-refractivity contribution in [2.75, 3.05) is 16.8 Å². The number of nitrogens with zero attached hydrogens (tertiary/aromatic N) is 2. The minimum Gasteiger partial charge on any atom is -0.323 e. The lowest BCUT2D eigenvalue weighted by Gasteiger charge is -2.20. The van der Waals surface area contributed by atoms with Gasteiger partial charge in [0, 0.05) is 5.02 Å². The summed E-state index contributed by atoms with van der Waals surface area (Å²) in [5.41, 5.74) is 1.83. The lowest BCUT2D eigenvalue weighted by atomic mass is 10.2. The molecule has 0 saturated carbocycles. The highest BCUT2D eigenvalue weighted by Gasteiger charge is 2.30. The van der Waals surface area contributed by atoms with E-state index in [0.29, 0.717) is 10.9 Å². The average molecular weight is 406 g/mol. The molecule has 5 nitrogen and oxygen atoms in total. The molecule has 0 saturated heterocycles. The predicted molar refractivity (Wildman–Crippen MR) is 108 cm³/mol. The van der Waals surface area contributed by atoms with Gasteiger partial charge in [0.1, 0.15) is 12.4 Å². The second kappa shape index (κ2) is 8.10. The fourth-order valence-corrected chi connectivity index (χ4v) is 3.55. The molecule has 27 heavy (non-hydrogen) atoms. The van der Waals surface area contributed by atoms with Gasteiger partial charge in [0.2, 0.25) is 5.91 Å². The Bertz CT molecular complexity index is 918. The first-order valence-electron chi connectivity index (χ1n) is 8.22. The van der Waals surface area contributed by atoms with Gasteiger partial charge in [-0.05, 0) is 44.2 Å². The number of aryl methyl sites for hydroxylation is 1. The molecule has 0 spiro atoms. The summed E-state index contributed by atoms with van der Waals surface area (Å²) >= 11 is 6.87. The quantitative estimate of drug-likeness (QED) is 0.827. The van der Waals surface area contributed by atoms with Crippen molar-refractivity contribution in [1.82, 2.24) is 0 Å². The van der Waals surface area contributed by atoms with Gasteiger partial charge < -0.3 is 5.32 Å². The highest BCUT2D eigenvalue weighted by Crippen LogP contribution is 2.27. The molecule has 0 bridgehead atoms. The monoisotopic (exact) mass is 405 g/mol. The molecule has 1 heterocycles. The number of hydrogen-bond acceptors (Lipinski definition) is 4. The number of halogens is 2. The first kappa shape index (κ1) is 19.4. The summed E-state index contributed by atoms with van der Waals surface area (Å²) in [5, 5.41) is 2.64. The van der Waals surface area contributed by atoms with Gasteiger partial charge in [-0.3, -0.25) is 19.5 Å². The topological polar surface area (TPSA) is 61.8 Å². The van der Waals surface area contributed by atoms with Crippen molar-refractivity contribution in [2.45, 2.75) is 19.1 Å². The minimum absolute atomic E-state index is 0.0381. The molecule has 1 aliphatic rings. The molecule has 0 aromatic heterocycles. The van der Waals surface area contributed by atoms with Gasteiger partial charge in [-0.25, -0.2) is 4.39 Å². The third kappa shape index (κ3) is 4.48. The maximum absolute atomic E-state index is 13.9. The molecular formula is C19H17ClFN3O2S. The lowest BCUT2D eigenvalue weighted by molar-refractivity contribution is -0.116. The summed E-state index contributed by atoms with van der Waals surface area (Å²) in [6.45, 7) is 3.67. The number of carbonyl (C=O) groups is 2. The summed E-state index contributed by atoms with van der Waals surface area (Å²) in [6.07, 6.45) is 0. The van der Waals surface area contributed by atoms with Crippen LogP contribution in [0.2, 0.25) is 5.02 Å². The molecule has 0 unspecified atom stereocenters. The molecule has 0 aliphatic carbocycles. The number of carbonyl (C=O) groups excluding carboxylic acids is 2. The van der Waals surface area contributed by atoms with Crippen LogP contribution in [0, 0.1) is 12.7 Å². The third-order valence-electron chi connectivity index (χ3n) is 3.92. The van der Waals surface area contributed by atoms with Crippen LogP contribution in [0.1, 0.15) is 12.5 Å². The van der Waals surface area contributed by atoms with Crippen LogP contribution in [0.3, 0.4) is 0 Å². The van der Waals surface area contributed by atoms with E-state index in [0.717, 1.165) is 23.4 Å². The SMILES string of the molecule is Cc1ccc(N2C(=O)CN=C2S[C@H](C)C(=O)Nc2ccc(Cl)cc2F)cc1. The fraction of sp³-hybridized carbons (Fsp3) is 0.211. The van der Waals surface area contributed by atoms with E-state index in [1.165, 1.54) is 17.0 Å². The molecule has 3 rings (SSSR count). The maximum Gasteiger partial charge on any atom is 0.254 e. The molecule has 8 heteroatoms. The number of amidine groups is 1. The second-order valence-corrected chi connectivity index (χ2v) is 7.78. The van der Waals surface area contributed by atoms with Gasteiger partial charge >= 0.3 is 0 Å². The first-order valence-corrected chi connectivity index (χ1v) is 9.47. The van der Waals surface area contributed by atoms with Gasteiger partial charge in [-0.2, -0.15) is 0 Å². The van der Waals surface area contributed by atoms with E-state index in [2.05, 4.69) is 10.3 Å². The Hall–Kier alpha value is -2.38. The molecule has 0 radical (unpaired) electrons. The second-order valence-electron chi connectivity index (χ2n) is 6.04. The zero-order valence-electron chi connectivity index (χ0n) is 14.7. The van der Waals surface area contributed by atoms with Crippen LogP contribution in [0.15, 0.2) is 47.5 Å². The number of hydrogen-bond donors (Lipinski definition) is 1. The van der Waals surface area contributed by atoms with E-state index >= 15 is 0 Å². The van der Waals surface area contributed by atoms with Crippen LogP contribution < -0.4 is 10.2 Å². The first-order chi connectivity index (χ1) is 12.8. The van der Waals surface area contributed by atoms with Crippen LogP contribution in [0.25, 0.3) is 0 Å². The van der Waals surface area contributed by atoms with Gasteiger partial charge in [0.25, 0.3) is 5.91 Å². The number of amides is 2. The Labute approximate surface area is 165 Å². The van der Waals surface area contributed by atoms with Crippen LogP contribution in [0.4, 0.5) is 15.8 Å². The van der Waals surface area contributed by atoms with E-state index in [4.69, 9.17) is 11.6 Å². The van der Waals surface area contributed by atoms with Gasteiger partial charge in [0.05, 0.1) is 16.6 Å². The van der Waals surface area contributed by atoms with E-state index in [9.17, 15) is 14.0 Å². The van der Waals surface area contributed by atoms with Crippen LogP contribution in [-0.4, -0.2) is 28.8 Å². The Balaban J connectivity index is 1.70. The summed E-state index contributed by atoms with van der Waals surface area (Å²) in [4.78, 5) is 30.4. The molecule has 1 N–H and O–H groups in total. The van der Waals surface area contributed by atoms with Gasteiger partial charge in [-0.15, -0.1) is 0 Å². The highest BCUT2D eigenvalue weighted by atomic mass is 35.5. The van der Waals surface area contributed by atoms with Crippen LogP contribution >= 0.6 is 23.4 Å². The Kier molecular flexibility index (Phi) is 5.82. The predicted octanol–water partition coefficient (Wildman–Crippen LogP) is 4.25. The molecule has 2 aromatic rings. The van der Waals surface area contributed by atoms with Crippen molar-refractivity contribution in [2.24, 2.45) is 4.99 Å². The van der Waals surface area contributed by atoms with E-state index in [1.54, 1.807) is 6.92 Å². The van der Waals surface area contributed by atoms with Crippen LogP contribution in [0.5, 0.6) is 0 Å².